The fraction of sp³-hybridized carbons (Fsp3) is 0.222. The summed E-state index contributed by atoms with van der Waals surface area (Å²) < 4.78 is 0. The lowest BCUT2D eigenvalue weighted by molar-refractivity contribution is 1.02. The van der Waals surface area contributed by atoms with Crippen LogP contribution in [0, 0.1) is 11.3 Å². The normalized spacial score (nSPS) is 12.1. The maximum atomic E-state index is 8.44. The van der Waals surface area contributed by atoms with Crippen LogP contribution in [0.15, 0.2) is 24.3 Å². The highest BCUT2D eigenvalue weighted by molar-refractivity contribution is 6.30. The Morgan fingerprint density at radius 3 is 2.42 bits per heavy atom. The van der Waals surface area contributed by atoms with E-state index in [4.69, 9.17) is 28.5 Å². The first-order chi connectivity index (χ1) is 5.72. The maximum absolute atomic E-state index is 8.44. The molecule has 62 valence electrons. The molecular weight excluding hydrogens is 193 g/mol. The molecule has 0 heterocycles. The number of halogens is 2. The lowest BCUT2D eigenvalue weighted by Gasteiger charge is -2.00. The molecule has 0 radical (unpaired) electrons. The minimum absolute atomic E-state index is 0.453. The van der Waals surface area contributed by atoms with Gasteiger partial charge in [-0.3, -0.25) is 0 Å². The van der Waals surface area contributed by atoms with Crippen LogP contribution >= 0.6 is 23.2 Å². The van der Waals surface area contributed by atoms with E-state index in [1.165, 1.54) is 0 Å². The molecule has 1 nitrogen and oxygen atoms in total. The molecule has 0 fully saturated rings. The fourth-order valence-electron chi connectivity index (χ4n) is 0.873. The van der Waals surface area contributed by atoms with Crippen molar-refractivity contribution in [1.82, 2.24) is 0 Å². The van der Waals surface area contributed by atoms with Crippen molar-refractivity contribution in [2.45, 2.75) is 11.8 Å². The van der Waals surface area contributed by atoms with Crippen LogP contribution in [-0.2, 0) is 6.42 Å². The minimum Gasteiger partial charge on any atom is -0.197 e. The van der Waals surface area contributed by atoms with Crippen molar-refractivity contribution in [3.8, 4) is 6.07 Å². The number of benzene rings is 1. The lowest BCUT2D eigenvalue weighted by atomic mass is 10.1. The summed E-state index contributed by atoms with van der Waals surface area (Å²) in [4.78, 5) is 0. The lowest BCUT2D eigenvalue weighted by Crippen LogP contribution is -1.98. The average Bonchev–Trinajstić information content (AvgIpc) is 2.09. The Kier molecular flexibility index (Phi) is 3.40. The van der Waals surface area contributed by atoms with Gasteiger partial charge < -0.3 is 0 Å². The van der Waals surface area contributed by atoms with E-state index in [1.807, 2.05) is 18.2 Å². The predicted octanol–water partition coefficient (Wildman–Crippen LogP) is 3.01. The van der Waals surface area contributed by atoms with Gasteiger partial charge in [-0.1, -0.05) is 23.7 Å². The smallest absolute Gasteiger partial charge is 0.124 e. The summed E-state index contributed by atoms with van der Waals surface area (Å²) in [6.45, 7) is 0. The first kappa shape index (κ1) is 9.38. The van der Waals surface area contributed by atoms with Crippen molar-refractivity contribution in [2.24, 2.45) is 0 Å². The van der Waals surface area contributed by atoms with E-state index in [0.717, 1.165) is 5.56 Å². The molecule has 0 saturated heterocycles. The zero-order chi connectivity index (χ0) is 8.97. The molecule has 1 atom stereocenters. The zero-order valence-corrected chi connectivity index (χ0v) is 7.81. The first-order valence-electron chi connectivity index (χ1n) is 3.50. The molecule has 0 aromatic heterocycles. The Morgan fingerprint density at radius 1 is 1.33 bits per heavy atom. The highest BCUT2D eigenvalue weighted by Crippen LogP contribution is 2.12. The highest BCUT2D eigenvalue weighted by atomic mass is 35.5. The molecule has 1 aromatic carbocycles. The number of nitrogens with zero attached hydrogens (tertiary/aromatic N) is 1. The largest absolute Gasteiger partial charge is 0.197 e. The van der Waals surface area contributed by atoms with E-state index < -0.39 is 5.38 Å². The van der Waals surface area contributed by atoms with Crippen LogP contribution in [0.5, 0.6) is 0 Å². The average molecular weight is 200 g/mol. The molecule has 0 N–H and O–H groups in total. The van der Waals surface area contributed by atoms with E-state index >= 15 is 0 Å². The summed E-state index contributed by atoms with van der Waals surface area (Å²) >= 11 is 11.3. The Labute approximate surface area is 81.5 Å². The van der Waals surface area contributed by atoms with Crippen LogP contribution < -0.4 is 0 Å². The molecule has 0 aliphatic carbocycles. The van der Waals surface area contributed by atoms with Crippen molar-refractivity contribution in [3.63, 3.8) is 0 Å². The van der Waals surface area contributed by atoms with Gasteiger partial charge in [0, 0.05) is 11.4 Å². The molecule has 0 bridgehead atoms. The summed E-state index contributed by atoms with van der Waals surface area (Å²) in [6, 6.07) is 9.28. The van der Waals surface area contributed by atoms with E-state index in [2.05, 4.69) is 0 Å². The molecule has 0 aliphatic rings. The van der Waals surface area contributed by atoms with Crippen LogP contribution in [0.3, 0.4) is 0 Å². The van der Waals surface area contributed by atoms with Gasteiger partial charge in [-0.25, -0.2) is 0 Å². The molecule has 1 unspecified atom stereocenters. The number of rotatable bonds is 2. The van der Waals surface area contributed by atoms with Gasteiger partial charge in [0.1, 0.15) is 5.38 Å². The molecular formula is C9H7Cl2N. The minimum atomic E-state index is -0.453. The maximum Gasteiger partial charge on any atom is 0.124 e. The van der Waals surface area contributed by atoms with Gasteiger partial charge in [-0.15, -0.1) is 11.6 Å². The molecule has 0 amide bonds. The Hall–Kier alpha value is -0.710. The van der Waals surface area contributed by atoms with Crippen molar-refractivity contribution < 1.29 is 0 Å². The van der Waals surface area contributed by atoms with Gasteiger partial charge in [0.2, 0.25) is 0 Å². The van der Waals surface area contributed by atoms with Gasteiger partial charge in [-0.2, -0.15) is 5.26 Å². The van der Waals surface area contributed by atoms with Gasteiger partial charge in [0.15, 0.2) is 0 Å². The van der Waals surface area contributed by atoms with E-state index in [1.54, 1.807) is 12.1 Å². The van der Waals surface area contributed by atoms with Crippen LogP contribution in [-0.4, -0.2) is 5.38 Å². The van der Waals surface area contributed by atoms with Gasteiger partial charge in [0.05, 0.1) is 6.07 Å². The van der Waals surface area contributed by atoms with Gasteiger partial charge >= 0.3 is 0 Å². The molecule has 0 aliphatic heterocycles. The number of hydrogen-bond donors (Lipinski definition) is 0. The van der Waals surface area contributed by atoms with Crippen LogP contribution in [0.4, 0.5) is 0 Å². The van der Waals surface area contributed by atoms with Crippen LogP contribution in [0.2, 0.25) is 5.02 Å². The van der Waals surface area contributed by atoms with E-state index in [0.29, 0.717) is 11.4 Å². The predicted molar refractivity (Wildman–Crippen MR) is 50.4 cm³/mol. The third kappa shape index (κ3) is 2.73. The van der Waals surface area contributed by atoms with Crippen molar-refractivity contribution in [1.29, 1.82) is 5.26 Å². The number of nitriles is 1. The van der Waals surface area contributed by atoms with Crippen LogP contribution in [0.1, 0.15) is 5.56 Å². The SMILES string of the molecule is N#CC(Cl)Cc1ccc(Cl)cc1. The molecule has 1 rings (SSSR count). The van der Waals surface area contributed by atoms with E-state index in [-0.39, 0.29) is 0 Å². The number of hydrogen-bond acceptors (Lipinski definition) is 1. The van der Waals surface area contributed by atoms with Crippen LogP contribution in [0.25, 0.3) is 0 Å². The zero-order valence-electron chi connectivity index (χ0n) is 6.30. The van der Waals surface area contributed by atoms with Crippen molar-refractivity contribution in [2.75, 3.05) is 0 Å². The van der Waals surface area contributed by atoms with Crippen molar-refractivity contribution >= 4 is 23.2 Å². The Balaban J connectivity index is 2.66. The second-order valence-electron chi connectivity index (χ2n) is 2.43. The third-order valence-corrected chi connectivity index (χ3v) is 1.97. The quantitative estimate of drug-likeness (QED) is 0.673. The number of alkyl halides is 1. The van der Waals surface area contributed by atoms with Gasteiger partial charge in [0.25, 0.3) is 0 Å². The van der Waals surface area contributed by atoms with Gasteiger partial charge in [-0.05, 0) is 17.7 Å². The molecule has 0 saturated carbocycles. The first-order valence-corrected chi connectivity index (χ1v) is 4.32. The second kappa shape index (κ2) is 4.35. The summed E-state index contributed by atoms with van der Waals surface area (Å²) in [5, 5.41) is 8.69. The molecule has 0 spiro atoms. The summed E-state index contributed by atoms with van der Waals surface area (Å²) in [5.41, 5.74) is 1.03. The van der Waals surface area contributed by atoms with Crippen molar-refractivity contribution in [3.05, 3.63) is 34.9 Å². The monoisotopic (exact) mass is 199 g/mol. The molecule has 1 aromatic rings. The second-order valence-corrected chi connectivity index (χ2v) is 3.39. The standard InChI is InChI=1S/C9H7Cl2N/c10-8-3-1-7(2-4-8)5-9(11)6-12/h1-4,9H,5H2. The summed E-state index contributed by atoms with van der Waals surface area (Å²) in [5.74, 6) is 0. The Morgan fingerprint density at radius 2 is 1.92 bits per heavy atom. The third-order valence-electron chi connectivity index (χ3n) is 1.47. The Bertz CT molecular complexity index is 286. The van der Waals surface area contributed by atoms with E-state index in [9.17, 15) is 0 Å². The summed E-state index contributed by atoms with van der Waals surface area (Å²) in [7, 11) is 0. The fourth-order valence-corrected chi connectivity index (χ4v) is 1.18. The molecule has 12 heavy (non-hydrogen) atoms. The molecule has 3 heteroatoms. The highest BCUT2D eigenvalue weighted by Gasteiger charge is 2.02. The topological polar surface area (TPSA) is 23.8 Å². The summed E-state index contributed by atoms with van der Waals surface area (Å²) in [6.07, 6.45) is 0.565.